The topological polar surface area (TPSA) is 59.0 Å². The molecule has 0 aromatic heterocycles. The van der Waals surface area contributed by atoms with E-state index in [9.17, 15) is 9.67 Å². The lowest BCUT2D eigenvalue weighted by molar-refractivity contribution is 0.228. The molecule has 0 saturated heterocycles. The quantitative estimate of drug-likeness (QED) is 0.823. The predicted octanol–water partition coefficient (Wildman–Crippen LogP) is 3.00. The summed E-state index contributed by atoms with van der Waals surface area (Å²) in [5.74, 6) is -0.563. The SMILES string of the molecule is COc1ccc([C@H](O)[P@](=O)(OC)c2ccc(N(C)C)cc2)cc1. The van der Waals surface area contributed by atoms with Gasteiger partial charge in [0.1, 0.15) is 5.75 Å². The van der Waals surface area contributed by atoms with Gasteiger partial charge < -0.3 is 19.3 Å². The summed E-state index contributed by atoms with van der Waals surface area (Å²) in [5, 5.41) is 11.1. The Morgan fingerprint density at radius 2 is 1.57 bits per heavy atom. The molecule has 0 radical (unpaired) electrons. The number of ether oxygens (including phenoxy) is 1. The Bertz CT molecular complexity index is 683. The standard InChI is InChI=1S/C17H22NO4P/c1-18(2)14-7-11-16(12-8-14)23(20,22-4)17(19)13-5-9-15(21-3)10-6-13/h5-12,17,19H,1-4H3/t17-,23-/m1/s1. The van der Waals surface area contributed by atoms with E-state index in [1.54, 1.807) is 43.5 Å². The summed E-state index contributed by atoms with van der Waals surface area (Å²) in [6.45, 7) is 0. The Morgan fingerprint density at radius 1 is 1.00 bits per heavy atom. The maximum absolute atomic E-state index is 13.2. The molecule has 0 unspecified atom stereocenters. The Kier molecular flexibility index (Phi) is 5.47. The second kappa shape index (κ2) is 7.18. The van der Waals surface area contributed by atoms with E-state index in [2.05, 4.69) is 0 Å². The molecule has 0 saturated carbocycles. The normalized spacial score (nSPS) is 14.8. The Hall–Kier alpha value is -1.81. The summed E-state index contributed by atoms with van der Waals surface area (Å²) >= 11 is 0. The molecular weight excluding hydrogens is 313 g/mol. The van der Waals surface area contributed by atoms with E-state index in [0.29, 0.717) is 16.6 Å². The fraction of sp³-hybridized carbons (Fsp3) is 0.294. The molecule has 6 heteroatoms. The molecule has 2 atom stereocenters. The van der Waals surface area contributed by atoms with Crippen LogP contribution in [0.1, 0.15) is 11.4 Å². The number of methoxy groups -OCH3 is 1. The molecule has 0 amide bonds. The van der Waals surface area contributed by atoms with E-state index < -0.39 is 13.2 Å². The lowest BCUT2D eigenvalue weighted by atomic mass is 10.2. The molecule has 0 aliphatic heterocycles. The van der Waals surface area contributed by atoms with Gasteiger partial charge in [-0.25, -0.2) is 0 Å². The molecule has 0 heterocycles. The molecule has 23 heavy (non-hydrogen) atoms. The lowest BCUT2D eigenvalue weighted by Gasteiger charge is -2.23. The highest BCUT2D eigenvalue weighted by atomic mass is 31.2. The Labute approximate surface area is 136 Å². The maximum atomic E-state index is 13.2. The van der Waals surface area contributed by atoms with Crippen molar-refractivity contribution in [1.29, 1.82) is 0 Å². The van der Waals surface area contributed by atoms with Gasteiger partial charge in [-0.3, -0.25) is 4.57 Å². The molecule has 5 nitrogen and oxygen atoms in total. The Morgan fingerprint density at radius 3 is 2.00 bits per heavy atom. The van der Waals surface area contributed by atoms with Crippen LogP contribution in [0, 0.1) is 0 Å². The lowest BCUT2D eigenvalue weighted by Crippen LogP contribution is -2.15. The van der Waals surface area contributed by atoms with Crippen molar-refractivity contribution >= 4 is 18.4 Å². The predicted molar refractivity (Wildman–Crippen MR) is 93.0 cm³/mol. The first-order chi connectivity index (χ1) is 10.9. The molecule has 2 aromatic rings. The highest BCUT2D eigenvalue weighted by Gasteiger charge is 2.35. The van der Waals surface area contributed by atoms with E-state index in [4.69, 9.17) is 9.26 Å². The summed E-state index contributed by atoms with van der Waals surface area (Å²) in [7, 11) is 3.33. The summed E-state index contributed by atoms with van der Waals surface area (Å²) in [4.78, 5) is 1.95. The van der Waals surface area contributed by atoms with Crippen molar-refractivity contribution < 1.29 is 18.9 Å². The third-order valence-electron chi connectivity index (χ3n) is 3.73. The fourth-order valence-electron chi connectivity index (χ4n) is 2.28. The van der Waals surface area contributed by atoms with Crippen LogP contribution in [-0.4, -0.2) is 33.4 Å². The van der Waals surface area contributed by atoms with Gasteiger partial charge in [0.15, 0.2) is 5.85 Å². The van der Waals surface area contributed by atoms with Crippen LogP contribution in [0.2, 0.25) is 0 Å². The van der Waals surface area contributed by atoms with E-state index in [1.165, 1.54) is 7.11 Å². The van der Waals surface area contributed by atoms with E-state index in [-0.39, 0.29) is 0 Å². The van der Waals surface area contributed by atoms with Gasteiger partial charge in [0.2, 0.25) is 0 Å². The van der Waals surface area contributed by atoms with Gasteiger partial charge >= 0.3 is 0 Å². The van der Waals surface area contributed by atoms with Crippen LogP contribution >= 0.6 is 7.37 Å². The molecule has 1 N–H and O–H groups in total. The van der Waals surface area contributed by atoms with Gasteiger partial charge in [0, 0.05) is 32.2 Å². The van der Waals surface area contributed by atoms with E-state index in [1.807, 2.05) is 31.1 Å². The maximum Gasteiger partial charge on any atom is 0.263 e. The summed E-state index contributed by atoms with van der Waals surface area (Å²) < 4.78 is 23.6. The van der Waals surface area contributed by atoms with Crippen LogP contribution in [-0.2, 0) is 9.09 Å². The zero-order chi connectivity index (χ0) is 17.0. The zero-order valence-electron chi connectivity index (χ0n) is 13.8. The molecule has 0 aliphatic rings. The minimum absolute atomic E-state index is 0.480. The monoisotopic (exact) mass is 335 g/mol. The van der Waals surface area contributed by atoms with Crippen LogP contribution in [0.25, 0.3) is 0 Å². The molecule has 2 aromatic carbocycles. The third kappa shape index (κ3) is 3.58. The second-order valence-electron chi connectivity index (χ2n) is 5.34. The van der Waals surface area contributed by atoms with Gasteiger partial charge in [-0.15, -0.1) is 0 Å². The first-order valence-electron chi connectivity index (χ1n) is 7.18. The number of aliphatic hydroxyl groups is 1. The van der Waals surface area contributed by atoms with Gasteiger partial charge in [-0.1, -0.05) is 12.1 Å². The number of nitrogens with zero attached hydrogens (tertiary/aromatic N) is 1. The molecule has 0 aliphatic carbocycles. The fourth-order valence-corrected chi connectivity index (χ4v) is 4.10. The van der Waals surface area contributed by atoms with Gasteiger partial charge in [-0.2, -0.15) is 0 Å². The average molecular weight is 335 g/mol. The summed E-state index contributed by atoms with van der Waals surface area (Å²) in [5.41, 5.74) is 1.50. The smallest absolute Gasteiger partial charge is 0.263 e. The van der Waals surface area contributed by atoms with Crippen molar-refractivity contribution in [3.05, 3.63) is 54.1 Å². The number of rotatable bonds is 6. The molecular formula is C17H22NO4P. The summed E-state index contributed by atoms with van der Waals surface area (Å²) in [6, 6.07) is 14.0. The van der Waals surface area contributed by atoms with Crippen molar-refractivity contribution in [3.63, 3.8) is 0 Å². The van der Waals surface area contributed by atoms with Crippen LogP contribution in [0.5, 0.6) is 5.75 Å². The largest absolute Gasteiger partial charge is 0.497 e. The minimum atomic E-state index is -3.44. The molecule has 0 fully saturated rings. The van der Waals surface area contributed by atoms with E-state index in [0.717, 1.165) is 5.69 Å². The van der Waals surface area contributed by atoms with Crippen molar-refractivity contribution in [2.45, 2.75) is 5.85 Å². The number of hydrogen-bond donors (Lipinski definition) is 1. The number of anilines is 1. The van der Waals surface area contributed by atoms with Crippen LogP contribution in [0.4, 0.5) is 5.69 Å². The van der Waals surface area contributed by atoms with Gasteiger partial charge in [0.05, 0.1) is 7.11 Å². The van der Waals surface area contributed by atoms with Crippen LogP contribution in [0.15, 0.2) is 48.5 Å². The van der Waals surface area contributed by atoms with Gasteiger partial charge in [0.25, 0.3) is 7.37 Å². The Balaban J connectivity index is 2.36. The highest BCUT2D eigenvalue weighted by Crippen LogP contribution is 2.57. The molecule has 0 bridgehead atoms. The zero-order valence-corrected chi connectivity index (χ0v) is 14.7. The third-order valence-corrected chi connectivity index (χ3v) is 6.24. The molecule has 124 valence electrons. The summed E-state index contributed by atoms with van der Waals surface area (Å²) in [6.07, 6.45) is 0. The van der Waals surface area contributed by atoms with Gasteiger partial charge in [-0.05, 0) is 42.0 Å². The first-order valence-corrected chi connectivity index (χ1v) is 8.87. The van der Waals surface area contributed by atoms with Crippen molar-refractivity contribution in [3.8, 4) is 5.75 Å². The second-order valence-corrected chi connectivity index (χ2v) is 7.90. The number of hydrogen-bond acceptors (Lipinski definition) is 5. The van der Waals surface area contributed by atoms with E-state index >= 15 is 0 Å². The molecule has 2 rings (SSSR count). The average Bonchev–Trinajstić information content (AvgIpc) is 2.60. The van der Waals surface area contributed by atoms with Crippen LogP contribution in [0.3, 0.4) is 0 Å². The first kappa shape index (κ1) is 17.5. The number of aliphatic hydroxyl groups excluding tert-OH is 1. The van der Waals surface area contributed by atoms with Crippen molar-refractivity contribution in [1.82, 2.24) is 0 Å². The van der Waals surface area contributed by atoms with Crippen molar-refractivity contribution in [2.24, 2.45) is 0 Å². The highest BCUT2D eigenvalue weighted by molar-refractivity contribution is 7.67. The number of benzene rings is 2. The van der Waals surface area contributed by atoms with Crippen molar-refractivity contribution in [2.75, 3.05) is 33.2 Å². The minimum Gasteiger partial charge on any atom is -0.497 e. The van der Waals surface area contributed by atoms with Crippen LogP contribution < -0.4 is 14.9 Å². The molecule has 0 spiro atoms.